The Hall–Kier alpha value is -1.56. The Bertz CT molecular complexity index is 433. The summed E-state index contributed by atoms with van der Waals surface area (Å²) in [5.74, 6) is -0.507. The second kappa shape index (κ2) is 6.56. The number of carbonyl (C=O) groups is 2. The van der Waals surface area contributed by atoms with Crippen molar-refractivity contribution in [2.45, 2.75) is 19.3 Å². The largest absolute Gasteiger partial charge is 0.369 e. The average Bonchev–Trinajstić information content (AvgIpc) is 2.92. The molecule has 104 valence electrons. The minimum absolute atomic E-state index is 0.0949. The number of nitrogens with one attached hydrogen (secondary N) is 1. The maximum Gasteiger partial charge on any atom is 0.317 e. The zero-order valence-corrected chi connectivity index (χ0v) is 11.6. The van der Waals surface area contributed by atoms with E-state index in [-0.39, 0.29) is 17.9 Å². The van der Waals surface area contributed by atoms with E-state index in [1.54, 1.807) is 16.2 Å². The van der Waals surface area contributed by atoms with Gasteiger partial charge in [0.05, 0.1) is 5.92 Å². The van der Waals surface area contributed by atoms with Crippen LogP contribution in [0.1, 0.15) is 17.7 Å². The third kappa shape index (κ3) is 3.96. The van der Waals surface area contributed by atoms with Gasteiger partial charge in [-0.2, -0.15) is 0 Å². The van der Waals surface area contributed by atoms with Crippen molar-refractivity contribution < 1.29 is 9.59 Å². The lowest BCUT2D eigenvalue weighted by Crippen LogP contribution is -2.48. The van der Waals surface area contributed by atoms with Crippen LogP contribution in [-0.2, 0) is 11.2 Å². The van der Waals surface area contributed by atoms with Gasteiger partial charge < -0.3 is 16.0 Å². The van der Waals surface area contributed by atoms with Crippen molar-refractivity contribution in [1.29, 1.82) is 0 Å². The van der Waals surface area contributed by atoms with E-state index in [1.807, 2.05) is 11.4 Å². The monoisotopic (exact) mass is 281 g/mol. The number of hydrogen-bond acceptors (Lipinski definition) is 3. The lowest BCUT2D eigenvalue weighted by atomic mass is 9.98. The lowest BCUT2D eigenvalue weighted by molar-refractivity contribution is -0.123. The van der Waals surface area contributed by atoms with E-state index in [0.29, 0.717) is 19.6 Å². The molecule has 1 aliphatic rings. The summed E-state index contributed by atoms with van der Waals surface area (Å²) in [5.41, 5.74) is 5.30. The molecule has 1 aromatic heterocycles. The van der Waals surface area contributed by atoms with E-state index in [4.69, 9.17) is 5.73 Å². The molecule has 3 amide bonds. The summed E-state index contributed by atoms with van der Waals surface area (Å²) in [6, 6.07) is 3.97. The molecule has 0 spiro atoms. The van der Waals surface area contributed by atoms with Gasteiger partial charge in [0.1, 0.15) is 0 Å². The van der Waals surface area contributed by atoms with Crippen molar-refractivity contribution in [3.8, 4) is 0 Å². The third-order valence-corrected chi connectivity index (χ3v) is 4.27. The number of rotatable bonds is 4. The highest BCUT2D eigenvalue weighted by Gasteiger charge is 2.26. The fourth-order valence-corrected chi connectivity index (χ4v) is 2.96. The fraction of sp³-hybridized carbons (Fsp3) is 0.538. The van der Waals surface area contributed by atoms with E-state index < -0.39 is 0 Å². The van der Waals surface area contributed by atoms with Gasteiger partial charge in [-0.05, 0) is 30.7 Å². The highest BCUT2D eigenvalue weighted by Crippen LogP contribution is 2.16. The summed E-state index contributed by atoms with van der Waals surface area (Å²) in [6.45, 7) is 1.77. The highest BCUT2D eigenvalue weighted by molar-refractivity contribution is 7.09. The number of urea groups is 1. The van der Waals surface area contributed by atoms with E-state index in [0.717, 1.165) is 19.3 Å². The number of likely N-dealkylation sites (tertiary alicyclic amines) is 1. The van der Waals surface area contributed by atoms with Crippen LogP contribution in [0.25, 0.3) is 0 Å². The Kier molecular flexibility index (Phi) is 4.79. The predicted molar refractivity (Wildman–Crippen MR) is 74.9 cm³/mol. The molecule has 1 atom stereocenters. The van der Waals surface area contributed by atoms with Gasteiger partial charge in [-0.3, -0.25) is 4.79 Å². The van der Waals surface area contributed by atoms with Crippen molar-refractivity contribution in [2.24, 2.45) is 11.7 Å². The van der Waals surface area contributed by atoms with Gasteiger partial charge in [-0.1, -0.05) is 6.07 Å². The van der Waals surface area contributed by atoms with Crippen LogP contribution in [0.15, 0.2) is 17.5 Å². The van der Waals surface area contributed by atoms with Gasteiger partial charge in [-0.15, -0.1) is 11.3 Å². The molecule has 2 heterocycles. The lowest BCUT2D eigenvalue weighted by Gasteiger charge is -2.31. The summed E-state index contributed by atoms with van der Waals surface area (Å²) in [5, 5.41) is 4.92. The summed E-state index contributed by atoms with van der Waals surface area (Å²) in [6.07, 6.45) is 2.47. The Morgan fingerprint density at radius 3 is 3.05 bits per heavy atom. The molecule has 2 rings (SSSR count). The molecule has 1 fully saturated rings. The number of nitrogens with two attached hydrogens (primary N) is 1. The van der Waals surface area contributed by atoms with Crippen LogP contribution in [-0.4, -0.2) is 36.5 Å². The van der Waals surface area contributed by atoms with Crippen LogP contribution in [0, 0.1) is 5.92 Å². The maximum atomic E-state index is 12.0. The minimum Gasteiger partial charge on any atom is -0.369 e. The zero-order chi connectivity index (χ0) is 13.7. The molecule has 0 radical (unpaired) electrons. The molecule has 19 heavy (non-hydrogen) atoms. The molecule has 1 saturated heterocycles. The van der Waals surface area contributed by atoms with E-state index >= 15 is 0 Å². The van der Waals surface area contributed by atoms with Gasteiger partial charge in [0.15, 0.2) is 0 Å². The molecular weight excluding hydrogens is 262 g/mol. The van der Waals surface area contributed by atoms with E-state index in [2.05, 4.69) is 11.4 Å². The van der Waals surface area contributed by atoms with Crippen molar-refractivity contribution in [3.63, 3.8) is 0 Å². The summed E-state index contributed by atoms with van der Waals surface area (Å²) in [4.78, 5) is 26.1. The van der Waals surface area contributed by atoms with Crippen LogP contribution < -0.4 is 11.1 Å². The average molecular weight is 281 g/mol. The summed E-state index contributed by atoms with van der Waals surface area (Å²) < 4.78 is 0. The van der Waals surface area contributed by atoms with Crippen LogP contribution in [0.2, 0.25) is 0 Å². The molecule has 6 heteroatoms. The molecule has 1 aliphatic heterocycles. The van der Waals surface area contributed by atoms with Crippen LogP contribution >= 0.6 is 11.3 Å². The maximum absolute atomic E-state index is 12.0. The van der Waals surface area contributed by atoms with Crippen LogP contribution in [0.5, 0.6) is 0 Å². The summed E-state index contributed by atoms with van der Waals surface area (Å²) in [7, 11) is 0. The molecular formula is C13H19N3O2S. The van der Waals surface area contributed by atoms with Crippen molar-refractivity contribution in [2.75, 3.05) is 19.6 Å². The number of carbonyl (C=O) groups excluding carboxylic acids is 2. The molecule has 1 unspecified atom stereocenters. The standard InChI is InChI=1S/C13H19N3O2S/c14-12(17)10-3-1-7-16(9-10)13(18)15-6-5-11-4-2-8-19-11/h2,4,8,10H,1,3,5-7,9H2,(H2,14,17)(H,15,18). The number of amides is 3. The molecule has 1 aromatic rings. The Morgan fingerprint density at radius 1 is 1.53 bits per heavy atom. The van der Waals surface area contributed by atoms with Crippen LogP contribution in [0.4, 0.5) is 4.79 Å². The minimum atomic E-state index is -0.309. The zero-order valence-electron chi connectivity index (χ0n) is 10.8. The number of piperidine rings is 1. The first-order valence-corrected chi connectivity index (χ1v) is 7.39. The molecule has 0 aromatic carbocycles. The second-order valence-corrected chi connectivity index (χ2v) is 5.78. The Labute approximate surface area is 116 Å². The summed E-state index contributed by atoms with van der Waals surface area (Å²) >= 11 is 1.69. The normalized spacial score (nSPS) is 19.2. The number of primary amides is 1. The predicted octanol–water partition coefficient (Wildman–Crippen LogP) is 1.20. The topological polar surface area (TPSA) is 75.4 Å². The third-order valence-electron chi connectivity index (χ3n) is 3.34. The van der Waals surface area contributed by atoms with E-state index in [9.17, 15) is 9.59 Å². The fourth-order valence-electron chi connectivity index (χ4n) is 2.25. The first kappa shape index (κ1) is 13.9. The second-order valence-electron chi connectivity index (χ2n) is 4.75. The molecule has 0 saturated carbocycles. The Balaban J connectivity index is 1.74. The first-order chi connectivity index (χ1) is 9.16. The van der Waals surface area contributed by atoms with Gasteiger partial charge >= 0.3 is 6.03 Å². The molecule has 0 aliphatic carbocycles. The van der Waals surface area contributed by atoms with Gasteiger partial charge in [-0.25, -0.2) is 4.79 Å². The molecule has 0 bridgehead atoms. The SMILES string of the molecule is NC(=O)C1CCCN(C(=O)NCCc2cccs2)C1. The molecule has 3 N–H and O–H groups in total. The number of thiophene rings is 1. The van der Waals surface area contributed by atoms with Gasteiger partial charge in [0.2, 0.25) is 5.91 Å². The Morgan fingerprint density at radius 2 is 2.37 bits per heavy atom. The number of nitrogens with zero attached hydrogens (tertiary/aromatic N) is 1. The van der Waals surface area contributed by atoms with Crippen molar-refractivity contribution >= 4 is 23.3 Å². The van der Waals surface area contributed by atoms with E-state index in [1.165, 1.54) is 4.88 Å². The molecule has 5 nitrogen and oxygen atoms in total. The smallest absolute Gasteiger partial charge is 0.317 e. The van der Waals surface area contributed by atoms with Crippen molar-refractivity contribution in [1.82, 2.24) is 10.2 Å². The highest BCUT2D eigenvalue weighted by atomic mass is 32.1. The first-order valence-electron chi connectivity index (χ1n) is 6.51. The van der Waals surface area contributed by atoms with Crippen LogP contribution in [0.3, 0.4) is 0 Å². The van der Waals surface area contributed by atoms with Gasteiger partial charge in [0, 0.05) is 24.5 Å². The van der Waals surface area contributed by atoms with Crippen molar-refractivity contribution in [3.05, 3.63) is 22.4 Å². The van der Waals surface area contributed by atoms with Gasteiger partial charge in [0.25, 0.3) is 0 Å². The number of hydrogen-bond donors (Lipinski definition) is 2. The quantitative estimate of drug-likeness (QED) is 0.870.